The van der Waals surface area contributed by atoms with Crippen LogP contribution >= 0.6 is 0 Å². The van der Waals surface area contributed by atoms with Crippen LogP contribution in [0.25, 0.3) is 0 Å². The quantitative estimate of drug-likeness (QED) is 0.908. The molecule has 4 nitrogen and oxygen atoms in total. The Hall–Kier alpha value is -2.69. The Kier molecular flexibility index (Phi) is 4.66. The molecular weight excluding hydrogens is 271 g/mol. The van der Waals surface area contributed by atoms with Gasteiger partial charge in [-0.2, -0.15) is 0 Å². The van der Waals surface area contributed by atoms with Gasteiger partial charge in [-0.1, -0.05) is 18.2 Å². The largest absolute Gasteiger partial charge is 0.352 e. The molecule has 0 unspecified atom stereocenters. The predicted octanol–water partition coefficient (Wildman–Crippen LogP) is 2.83. The molecule has 0 aliphatic rings. The summed E-state index contributed by atoms with van der Waals surface area (Å²) in [6.45, 7) is 2.34. The highest BCUT2D eigenvalue weighted by Gasteiger charge is 2.12. The Balaban J connectivity index is 2.17. The van der Waals surface area contributed by atoms with Crippen LogP contribution in [0.5, 0.6) is 0 Å². The Morgan fingerprint density at radius 2 is 1.81 bits per heavy atom. The Morgan fingerprint density at radius 1 is 1.05 bits per heavy atom. The SMILES string of the molecule is CCNC(=O)c1cccc(NC(=O)c2ccccc2F)c1. The molecule has 0 bridgehead atoms. The van der Waals surface area contributed by atoms with Crippen molar-refractivity contribution in [2.45, 2.75) is 6.92 Å². The first-order valence-electron chi connectivity index (χ1n) is 6.56. The van der Waals surface area contributed by atoms with Gasteiger partial charge in [0.1, 0.15) is 5.82 Å². The lowest BCUT2D eigenvalue weighted by Gasteiger charge is -2.08. The summed E-state index contributed by atoms with van der Waals surface area (Å²) in [4.78, 5) is 23.7. The van der Waals surface area contributed by atoms with Crippen molar-refractivity contribution in [3.63, 3.8) is 0 Å². The molecule has 2 aromatic rings. The molecular formula is C16H15FN2O2. The van der Waals surface area contributed by atoms with Crippen LogP contribution in [-0.4, -0.2) is 18.4 Å². The Morgan fingerprint density at radius 3 is 2.52 bits per heavy atom. The number of amides is 2. The smallest absolute Gasteiger partial charge is 0.258 e. The van der Waals surface area contributed by atoms with Crippen LogP contribution in [0, 0.1) is 5.82 Å². The van der Waals surface area contributed by atoms with E-state index >= 15 is 0 Å². The molecule has 0 saturated carbocycles. The second kappa shape index (κ2) is 6.65. The van der Waals surface area contributed by atoms with Crippen LogP contribution in [0.15, 0.2) is 48.5 Å². The summed E-state index contributed by atoms with van der Waals surface area (Å²) < 4.78 is 13.5. The van der Waals surface area contributed by atoms with E-state index in [4.69, 9.17) is 0 Å². The molecule has 2 rings (SSSR count). The average molecular weight is 286 g/mol. The monoisotopic (exact) mass is 286 g/mol. The van der Waals surface area contributed by atoms with Gasteiger partial charge >= 0.3 is 0 Å². The third kappa shape index (κ3) is 3.66. The molecule has 5 heteroatoms. The van der Waals surface area contributed by atoms with Gasteiger partial charge in [0.05, 0.1) is 5.56 Å². The van der Waals surface area contributed by atoms with Gasteiger partial charge in [0.2, 0.25) is 0 Å². The van der Waals surface area contributed by atoms with E-state index in [9.17, 15) is 14.0 Å². The molecule has 0 atom stereocenters. The highest BCUT2D eigenvalue weighted by atomic mass is 19.1. The molecule has 0 radical (unpaired) electrons. The maximum absolute atomic E-state index is 13.5. The van der Waals surface area contributed by atoms with Gasteiger partial charge in [-0.05, 0) is 37.3 Å². The molecule has 21 heavy (non-hydrogen) atoms. The minimum absolute atomic E-state index is 0.0408. The standard InChI is InChI=1S/C16H15FN2O2/c1-2-18-15(20)11-6-5-7-12(10-11)19-16(21)13-8-3-4-9-14(13)17/h3-10H,2H2,1H3,(H,18,20)(H,19,21). The molecule has 0 saturated heterocycles. The van der Waals surface area contributed by atoms with E-state index in [0.717, 1.165) is 0 Å². The molecule has 0 aromatic heterocycles. The molecule has 2 aromatic carbocycles. The van der Waals surface area contributed by atoms with E-state index in [1.54, 1.807) is 30.3 Å². The minimum Gasteiger partial charge on any atom is -0.352 e. The topological polar surface area (TPSA) is 58.2 Å². The van der Waals surface area contributed by atoms with E-state index in [1.165, 1.54) is 18.2 Å². The number of hydrogen-bond donors (Lipinski definition) is 2. The first kappa shape index (κ1) is 14.7. The third-order valence-electron chi connectivity index (χ3n) is 2.84. The van der Waals surface area contributed by atoms with Gasteiger partial charge in [-0.15, -0.1) is 0 Å². The number of hydrogen-bond acceptors (Lipinski definition) is 2. The van der Waals surface area contributed by atoms with E-state index in [-0.39, 0.29) is 11.5 Å². The van der Waals surface area contributed by atoms with Crippen LogP contribution in [0.4, 0.5) is 10.1 Å². The zero-order valence-electron chi connectivity index (χ0n) is 11.5. The summed E-state index contributed by atoms with van der Waals surface area (Å²) >= 11 is 0. The van der Waals surface area contributed by atoms with Crippen molar-refractivity contribution in [2.75, 3.05) is 11.9 Å². The number of nitrogens with one attached hydrogen (secondary N) is 2. The van der Waals surface area contributed by atoms with Crippen molar-refractivity contribution >= 4 is 17.5 Å². The van der Waals surface area contributed by atoms with Gasteiger partial charge in [0.25, 0.3) is 11.8 Å². The summed E-state index contributed by atoms with van der Waals surface area (Å²) in [5, 5.41) is 5.25. The predicted molar refractivity (Wildman–Crippen MR) is 78.8 cm³/mol. The second-order valence-electron chi connectivity index (χ2n) is 4.37. The van der Waals surface area contributed by atoms with E-state index in [1.807, 2.05) is 6.92 Å². The summed E-state index contributed by atoms with van der Waals surface area (Å²) in [6, 6.07) is 12.2. The van der Waals surface area contributed by atoms with Crippen LogP contribution in [0.2, 0.25) is 0 Å². The van der Waals surface area contributed by atoms with Crippen molar-refractivity contribution in [1.29, 1.82) is 0 Å². The fraction of sp³-hybridized carbons (Fsp3) is 0.125. The fourth-order valence-electron chi connectivity index (χ4n) is 1.84. The van der Waals surface area contributed by atoms with Crippen LogP contribution in [0.3, 0.4) is 0 Å². The van der Waals surface area contributed by atoms with Gasteiger partial charge < -0.3 is 10.6 Å². The third-order valence-corrected chi connectivity index (χ3v) is 2.84. The molecule has 0 aliphatic heterocycles. The summed E-state index contributed by atoms with van der Waals surface area (Å²) in [5.41, 5.74) is 0.830. The van der Waals surface area contributed by atoms with E-state index in [2.05, 4.69) is 10.6 Å². The summed E-state index contributed by atoms with van der Waals surface area (Å²) in [7, 11) is 0. The molecule has 2 N–H and O–H groups in total. The number of halogens is 1. The van der Waals surface area contributed by atoms with Crippen LogP contribution in [-0.2, 0) is 0 Å². The first-order chi connectivity index (χ1) is 10.1. The molecule has 0 spiro atoms. The minimum atomic E-state index is -0.588. The van der Waals surface area contributed by atoms with Gasteiger partial charge in [-0.3, -0.25) is 9.59 Å². The highest BCUT2D eigenvalue weighted by molar-refractivity contribution is 6.05. The molecule has 0 heterocycles. The maximum atomic E-state index is 13.5. The summed E-state index contributed by atoms with van der Waals surface area (Å²) in [5.74, 6) is -1.37. The number of rotatable bonds is 4. The van der Waals surface area contributed by atoms with Crippen molar-refractivity contribution < 1.29 is 14.0 Å². The fourth-order valence-corrected chi connectivity index (χ4v) is 1.84. The van der Waals surface area contributed by atoms with Crippen LogP contribution < -0.4 is 10.6 Å². The summed E-state index contributed by atoms with van der Waals surface area (Å²) in [6.07, 6.45) is 0. The molecule has 0 aliphatic carbocycles. The average Bonchev–Trinajstić information content (AvgIpc) is 2.48. The maximum Gasteiger partial charge on any atom is 0.258 e. The number of anilines is 1. The number of carbonyl (C=O) groups excluding carboxylic acids is 2. The van der Waals surface area contributed by atoms with Gasteiger partial charge in [0, 0.05) is 17.8 Å². The molecule has 0 fully saturated rings. The lowest BCUT2D eigenvalue weighted by atomic mass is 10.1. The van der Waals surface area contributed by atoms with E-state index < -0.39 is 11.7 Å². The zero-order valence-corrected chi connectivity index (χ0v) is 11.5. The molecule has 2 amide bonds. The lowest BCUT2D eigenvalue weighted by Crippen LogP contribution is -2.22. The second-order valence-corrected chi connectivity index (χ2v) is 4.37. The lowest BCUT2D eigenvalue weighted by molar-refractivity contribution is 0.0954. The van der Waals surface area contributed by atoms with Gasteiger partial charge in [0.15, 0.2) is 0 Å². The van der Waals surface area contributed by atoms with Crippen molar-refractivity contribution in [3.05, 3.63) is 65.5 Å². The Labute approximate surface area is 122 Å². The Bertz CT molecular complexity index is 671. The van der Waals surface area contributed by atoms with Crippen molar-refractivity contribution in [1.82, 2.24) is 5.32 Å². The van der Waals surface area contributed by atoms with Gasteiger partial charge in [-0.25, -0.2) is 4.39 Å². The zero-order chi connectivity index (χ0) is 15.2. The van der Waals surface area contributed by atoms with Crippen LogP contribution in [0.1, 0.15) is 27.6 Å². The first-order valence-corrected chi connectivity index (χ1v) is 6.56. The van der Waals surface area contributed by atoms with Crippen molar-refractivity contribution in [2.24, 2.45) is 0 Å². The normalized spacial score (nSPS) is 10.0. The highest BCUT2D eigenvalue weighted by Crippen LogP contribution is 2.14. The number of carbonyl (C=O) groups is 2. The van der Waals surface area contributed by atoms with E-state index in [0.29, 0.717) is 17.8 Å². The van der Waals surface area contributed by atoms with Crippen molar-refractivity contribution in [3.8, 4) is 0 Å². The number of benzene rings is 2. The molecule has 108 valence electrons.